The minimum atomic E-state index is 0.700. The minimum absolute atomic E-state index is 0.700. The van der Waals surface area contributed by atoms with Gasteiger partial charge in [-0.25, -0.2) is 0 Å². The zero-order chi connectivity index (χ0) is 10.4. The van der Waals surface area contributed by atoms with Crippen LogP contribution >= 0.6 is 0 Å². The maximum absolute atomic E-state index is 5.86. The molecule has 0 spiro atoms. The van der Waals surface area contributed by atoms with Crippen molar-refractivity contribution in [3.63, 3.8) is 0 Å². The van der Waals surface area contributed by atoms with Crippen LogP contribution in [0, 0.1) is 0 Å². The van der Waals surface area contributed by atoms with Gasteiger partial charge >= 0.3 is 0 Å². The highest BCUT2D eigenvalue weighted by Crippen LogP contribution is 2.42. The molecule has 2 aromatic rings. The van der Waals surface area contributed by atoms with E-state index in [4.69, 9.17) is 10.5 Å². The largest absolute Gasteiger partial charge is 0.494 e. The number of benzene rings is 1. The van der Waals surface area contributed by atoms with Crippen molar-refractivity contribution in [2.24, 2.45) is 0 Å². The van der Waals surface area contributed by atoms with Crippen molar-refractivity contribution in [1.82, 2.24) is 4.98 Å². The normalized spacial score (nSPS) is 15.8. The zero-order valence-corrected chi connectivity index (χ0v) is 8.71. The van der Waals surface area contributed by atoms with Crippen LogP contribution in [0.5, 0.6) is 5.75 Å². The molecule has 15 heavy (non-hydrogen) atoms. The van der Waals surface area contributed by atoms with Crippen molar-refractivity contribution in [1.29, 1.82) is 0 Å². The molecule has 1 heterocycles. The van der Waals surface area contributed by atoms with E-state index in [2.05, 4.69) is 11.1 Å². The molecular formula is C12H14N2O. The number of anilines is 1. The molecule has 0 bridgehead atoms. The van der Waals surface area contributed by atoms with Crippen LogP contribution in [0.1, 0.15) is 24.5 Å². The summed E-state index contributed by atoms with van der Waals surface area (Å²) in [5.41, 5.74) is 8.99. The molecule has 0 aliphatic heterocycles. The molecular weight excluding hydrogens is 188 g/mol. The van der Waals surface area contributed by atoms with Gasteiger partial charge in [-0.2, -0.15) is 0 Å². The first kappa shape index (κ1) is 8.65. The predicted octanol–water partition coefficient (Wildman–Crippen LogP) is 2.64. The number of hydrogen-bond donors (Lipinski definition) is 2. The molecule has 0 amide bonds. The van der Waals surface area contributed by atoms with Crippen molar-refractivity contribution >= 4 is 16.6 Å². The molecule has 0 unspecified atom stereocenters. The number of nitrogen functional groups attached to an aromatic ring is 1. The van der Waals surface area contributed by atoms with E-state index in [0.717, 1.165) is 22.6 Å². The Bertz CT molecular complexity index is 512. The zero-order valence-electron chi connectivity index (χ0n) is 8.71. The van der Waals surface area contributed by atoms with E-state index < -0.39 is 0 Å². The first-order valence-electron chi connectivity index (χ1n) is 5.24. The van der Waals surface area contributed by atoms with Crippen LogP contribution in [0.3, 0.4) is 0 Å². The number of ether oxygens (including phenoxy) is 1. The smallest absolute Gasteiger partial charge is 0.151 e. The summed E-state index contributed by atoms with van der Waals surface area (Å²) >= 11 is 0. The molecule has 1 aliphatic carbocycles. The van der Waals surface area contributed by atoms with Gasteiger partial charge in [-0.3, -0.25) is 0 Å². The van der Waals surface area contributed by atoms with Crippen LogP contribution in [0.2, 0.25) is 0 Å². The Morgan fingerprint density at radius 2 is 2.20 bits per heavy atom. The monoisotopic (exact) mass is 202 g/mol. The minimum Gasteiger partial charge on any atom is -0.494 e. The summed E-state index contributed by atoms with van der Waals surface area (Å²) in [5, 5.41) is 1.10. The Hall–Kier alpha value is -1.64. The lowest BCUT2D eigenvalue weighted by molar-refractivity contribution is 0.422. The molecule has 1 saturated carbocycles. The topological polar surface area (TPSA) is 51.0 Å². The number of aromatic amines is 1. The summed E-state index contributed by atoms with van der Waals surface area (Å²) in [7, 11) is 1.66. The molecule has 3 heteroatoms. The summed E-state index contributed by atoms with van der Waals surface area (Å²) in [6.07, 6.45) is 2.59. The lowest BCUT2D eigenvalue weighted by Gasteiger charge is -2.04. The fraction of sp³-hybridized carbons (Fsp3) is 0.333. The second-order valence-corrected chi connectivity index (χ2v) is 4.15. The second-order valence-electron chi connectivity index (χ2n) is 4.15. The Morgan fingerprint density at radius 1 is 1.40 bits per heavy atom. The van der Waals surface area contributed by atoms with Crippen LogP contribution in [-0.2, 0) is 0 Å². The van der Waals surface area contributed by atoms with Crippen molar-refractivity contribution in [3.8, 4) is 5.75 Å². The van der Waals surface area contributed by atoms with Gasteiger partial charge in [-0.05, 0) is 37.0 Å². The number of nitrogens with one attached hydrogen (secondary N) is 1. The van der Waals surface area contributed by atoms with Gasteiger partial charge in [-0.15, -0.1) is 0 Å². The first-order valence-corrected chi connectivity index (χ1v) is 5.24. The Kier molecular flexibility index (Phi) is 1.69. The molecule has 1 fully saturated rings. The van der Waals surface area contributed by atoms with E-state index in [9.17, 15) is 0 Å². The number of H-pyrrole nitrogens is 1. The van der Waals surface area contributed by atoms with Crippen molar-refractivity contribution in [2.75, 3.05) is 12.8 Å². The number of hydrogen-bond acceptors (Lipinski definition) is 2. The van der Waals surface area contributed by atoms with Crippen molar-refractivity contribution < 1.29 is 4.74 Å². The van der Waals surface area contributed by atoms with E-state index in [1.807, 2.05) is 12.1 Å². The number of rotatable bonds is 2. The SMILES string of the molecule is COc1c(N)ccc2[nH]c(C3CC3)cc12. The molecule has 3 N–H and O–H groups in total. The van der Waals surface area contributed by atoms with E-state index >= 15 is 0 Å². The van der Waals surface area contributed by atoms with Gasteiger partial charge in [0, 0.05) is 16.6 Å². The van der Waals surface area contributed by atoms with Gasteiger partial charge in [-0.1, -0.05) is 0 Å². The van der Waals surface area contributed by atoms with Gasteiger partial charge in [0.05, 0.1) is 12.8 Å². The van der Waals surface area contributed by atoms with Gasteiger partial charge in [0.2, 0.25) is 0 Å². The number of methoxy groups -OCH3 is 1. The molecule has 78 valence electrons. The third-order valence-corrected chi connectivity index (χ3v) is 3.03. The first-order chi connectivity index (χ1) is 7.29. The molecule has 0 saturated heterocycles. The lowest BCUT2D eigenvalue weighted by atomic mass is 10.2. The standard InChI is InChI=1S/C12H14N2O/c1-15-12-8-6-11(7-2-3-7)14-10(8)5-4-9(12)13/h4-7,14H,2-3,13H2,1H3. The Balaban J connectivity index is 2.24. The van der Waals surface area contributed by atoms with Crippen LogP contribution in [0.25, 0.3) is 10.9 Å². The predicted molar refractivity (Wildman–Crippen MR) is 61.2 cm³/mol. The lowest BCUT2D eigenvalue weighted by Crippen LogP contribution is -1.91. The van der Waals surface area contributed by atoms with Crippen LogP contribution < -0.4 is 10.5 Å². The number of fused-ring (bicyclic) bond motifs is 1. The van der Waals surface area contributed by atoms with Crippen LogP contribution in [0.4, 0.5) is 5.69 Å². The van der Waals surface area contributed by atoms with Gasteiger partial charge in [0.1, 0.15) is 0 Å². The third-order valence-electron chi connectivity index (χ3n) is 3.03. The van der Waals surface area contributed by atoms with E-state index in [-0.39, 0.29) is 0 Å². The third kappa shape index (κ3) is 1.27. The molecule has 1 aliphatic rings. The average Bonchev–Trinajstić information content (AvgIpc) is 2.99. The molecule has 1 aromatic carbocycles. The molecule has 0 atom stereocenters. The highest BCUT2D eigenvalue weighted by molar-refractivity contribution is 5.91. The Morgan fingerprint density at radius 3 is 2.87 bits per heavy atom. The average molecular weight is 202 g/mol. The second kappa shape index (κ2) is 2.92. The number of aromatic nitrogens is 1. The van der Waals surface area contributed by atoms with E-state index in [1.54, 1.807) is 7.11 Å². The number of nitrogens with two attached hydrogens (primary N) is 1. The highest BCUT2D eigenvalue weighted by Gasteiger charge is 2.25. The van der Waals surface area contributed by atoms with Gasteiger partial charge in [0.15, 0.2) is 5.75 Å². The molecule has 0 radical (unpaired) electrons. The van der Waals surface area contributed by atoms with Crippen molar-refractivity contribution in [3.05, 3.63) is 23.9 Å². The maximum Gasteiger partial charge on any atom is 0.151 e. The quantitative estimate of drug-likeness (QED) is 0.735. The van der Waals surface area contributed by atoms with Gasteiger partial charge in [0.25, 0.3) is 0 Å². The summed E-state index contributed by atoms with van der Waals surface area (Å²) in [5.74, 6) is 1.51. The summed E-state index contributed by atoms with van der Waals surface area (Å²) in [6.45, 7) is 0. The molecule has 3 nitrogen and oxygen atoms in total. The molecule has 1 aromatic heterocycles. The highest BCUT2D eigenvalue weighted by atomic mass is 16.5. The fourth-order valence-corrected chi connectivity index (χ4v) is 2.06. The summed E-state index contributed by atoms with van der Waals surface area (Å²) in [4.78, 5) is 3.42. The van der Waals surface area contributed by atoms with E-state index in [1.165, 1.54) is 18.5 Å². The summed E-state index contributed by atoms with van der Waals surface area (Å²) < 4.78 is 5.33. The van der Waals surface area contributed by atoms with E-state index in [0.29, 0.717) is 5.69 Å². The fourth-order valence-electron chi connectivity index (χ4n) is 2.06. The maximum atomic E-state index is 5.86. The van der Waals surface area contributed by atoms with Crippen LogP contribution in [0.15, 0.2) is 18.2 Å². The van der Waals surface area contributed by atoms with Crippen LogP contribution in [-0.4, -0.2) is 12.1 Å². The molecule has 3 rings (SSSR count). The van der Waals surface area contributed by atoms with Gasteiger partial charge < -0.3 is 15.5 Å². The summed E-state index contributed by atoms with van der Waals surface area (Å²) in [6, 6.07) is 6.07. The van der Waals surface area contributed by atoms with Crippen molar-refractivity contribution in [2.45, 2.75) is 18.8 Å². The Labute approximate surface area is 88.2 Å².